The zero-order valence-electron chi connectivity index (χ0n) is 19.6. The lowest BCUT2D eigenvalue weighted by molar-refractivity contribution is -0.117. The highest BCUT2D eigenvalue weighted by molar-refractivity contribution is 5.75. The van der Waals surface area contributed by atoms with Gasteiger partial charge in [0.1, 0.15) is 5.78 Å². The van der Waals surface area contributed by atoms with E-state index in [9.17, 15) is 4.79 Å². The van der Waals surface area contributed by atoms with E-state index in [-0.39, 0.29) is 11.2 Å². The molecule has 3 nitrogen and oxygen atoms in total. The van der Waals surface area contributed by atoms with Crippen LogP contribution < -0.4 is 0 Å². The number of ketones is 1. The molecule has 0 N–H and O–H groups in total. The first-order valence-corrected chi connectivity index (χ1v) is 11.8. The van der Waals surface area contributed by atoms with Crippen LogP contribution in [0.3, 0.4) is 0 Å². The summed E-state index contributed by atoms with van der Waals surface area (Å²) in [7, 11) is 0. The predicted molar refractivity (Wildman–Crippen MR) is 128 cm³/mol. The first kappa shape index (κ1) is 23.2. The van der Waals surface area contributed by atoms with E-state index in [0.29, 0.717) is 18.8 Å². The van der Waals surface area contributed by atoms with Crippen LogP contribution in [0.2, 0.25) is 0 Å². The summed E-state index contributed by atoms with van der Waals surface area (Å²) >= 11 is 0. The fraction of sp³-hybridized carbons (Fsp3) is 0.500. The molecule has 0 aliphatic carbocycles. The molecule has 4 heterocycles. The molecule has 0 radical (unpaired) electrons. The Morgan fingerprint density at radius 2 is 1.84 bits per heavy atom. The van der Waals surface area contributed by atoms with Crippen molar-refractivity contribution in [1.29, 1.82) is 0 Å². The summed E-state index contributed by atoms with van der Waals surface area (Å²) in [5.41, 5.74) is 4.34. The number of benzene rings is 1. The van der Waals surface area contributed by atoms with Crippen LogP contribution in [-0.2, 0) is 17.6 Å². The van der Waals surface area contributed by atoms with E-state index < -0.39 is 0 Å². The lowest BCUT2D eigenvalue weighted by atomic mass is 9.68. The third-order valence-electron chi connectivity index (χ3n) is 6.50. The second kappa shape index (κ2) is 10.7. The second-order valence-electron chi connectivity index (χ2n) is 8.88. The molecule has 1 unspecified atom stereocenters. The smallest absolute Gasteiger partial charge is 0.130 e. The molecule has 1 aromatic carbocycles. The topological polar surface area (TPSA) is 33.2 Å². The highest BCUT2D eigenvalue weighted by Gasteiger charge is 2.42. The van der Waals surface area contributed by atoms with Crippen LogP contribution in [0.1, 0.15) is 69.5 Å². The maximum absolute atomic E-state index is 11.4. The van der Waals surface area contributed by atoms with Gasteiger partial charge in [-0.3, -0.25) is 4.98 Å². The van der Waals surface area contributed by atoms with Gasteiger partial charge in [-0.15, -0.1) is 0 Å². The van der Waals surface area contributed by atoms with Crippen LogP contribution in [0, 0.1) is 23.2 Å². The van der Waals surface area contributed by atoms with Crippen molar-refractivity contribution in [3.8, 4) is 11.8 Å². The van der Waals surface area contributed by atoms with Crippen LogP contribution in [0.25, 0.3) is 0 Å². The van der Waals surface area contributed by atoms with E-state index in [1.807, 2.05) is 26.0 Å². The summed E-state index contributed by atoms with van der Waals surface area (Å²) in [5, 5.41) is 0. The van der Waals surface area contributed by atoms with Gasteiger partial charge in [0, 0.05) is 36.1 Å². The third-order valence-corrected chi connectivity index (χ3v) is 6.50. The van der Waals surface area contributed by atoms with Gasteiger partial charge in [-0.1, -0.05) is 56.0 Å². The molecule has 5 rings (SSSR count). The van der Waals surface area contributed by atoms with Crippen LogP contribution in [0.4, 0.5) is 0 Å². The molecule has 1 atom stereocenters. The van der Waals surface area contributed by atoms with E-state index in [1.165, 1.54) is 31.5 Å². The molecule has 164 valence electrons. The van der Waals surface area contributed by atoms with Crippen molar-refractivity contribution in [3.63, 3.8) is 0 Å². The zero-order valence-corrected chi connectivity index (χ0v) is 19.6. The fourth-order valence-electron chi connectivity index (χ4n) is 4.70. The number of rotatable bonds is 5. The monoisotopic (exact) mass is 416 g/mol. The number of carbonyl (C=O) groups excluding carboxylic acids is 1. The Morgan fingerprint density at radius 3 is 2.45 bits per heavy atom. The molecule has 3 fully saturated rings. The molecule has 31 heavy (non-hydrogen) atoms. The standard InChI is InChI=1S/C26H30N2O.C2H6/c1-20(29)8-10-24-11-9-22(25(27-24)18-21-6-4-3-5-7-21)12-15-26(2)19-28-16-13-23(26)14-17-28;1-2/h3-7,9,11,23H,8,10,13-14,16-19H2,1-2H3;1-2H3. The van der Waals surface area contributed by atoms with Gasteiger partial charge in [-0.05, 0) is 69.8 Å². The second-order valence-corrected chi connectivity index (χ2v) is 8.88. The molecular formula is C28H36N2O. The molecule has 3 saturated heterocycles. The van der Waals surface area contributed by atoms with Gasteiger partial charge in [0.2, 0.25) is 0 Å². The van der Waals surface area contributed by atoms with Gasteiger partial charge in [-0.25, -0.2) is 0 Å². The van der Waals surface area contributed by atoms with E-state index in [0.717, 1.165) is 29.9 Å². The number of carbonyl (C=O) groups is 1. The van der Waals surface area contributed by atoms with Gasteiger partial charge in [0.05, 0.1) is 5.69 Å². The number of nitrogens with zero attached hydrogens (tertiary/aromatic N) is 2. The summed E-state index contributed by atoms with van der Waals surface area (Å²) in [5.74, 6) is 8.08. The van der Waals surface area contributed by atoms with Gasteiger partial charge in [0.25, 0.3) is 0 Å². The van der Waals surface area contributed by atoms with Crippen LogP contribution in [0.15, 0.2) is 42.5 Å². The molecule has 0 spiro atoms. The Hall–Kier alpha value is -2.44. The lowest BCUT2D eigenvalue weighted by Crippen LogP contribution is -2.52. The first-order chi connectivity index (χ1) is 15.0. The first-order valence-electron chi connectivity index (χ1n) is 11.8. The number of aromatic nitrogens is 1. The Labute approximate surface area is 188 Å². The Bertz CT molecular complexity index is 932. The van der Waals surface area contributed by atoms with Crippen molar-refractivity contribution >= 4 is 5.78 Å². The predicted octanol–water partition coefficient (Wildman–Crippen LogP) is 5.30. The number of pyridine rings is 1. The van der Waals surface area contributed by atoms with E-state index in [2.05, 4.69) is 54.0 Å². The van der Waals surface area contributed by atoms with Gasteiger partial charge in [-0.2, -0.15) is 0 Å². The minimum atomic E-state index is 0.0772. The van der Waals surface area contributed by atoms with Gasteiger partial charge < -0.3 is 9.69 Å². The normalized spacial score (nSPS) is 23.9. The minimum Gasteiger partial charge on any atom is -0.302 e. The molecule has 0 saturated carbocycles. The fourth-order valence-corrected chi connectivity index (χ4v) is 4.70. The highest BCUT2D eigenvalue weighted by atomic mass is 16.1. The van der Waals surface area contributed by atoms with Crippen molar-refractivity contribution < 1.29 is 4.79 Å². The summed E-state index contributed by atoms with van der Waals surface area (Å²) in [6.07, 6.45) is 4.54. The van der Waals surface area contributed by atoms with Crippen molar-refractivity contribution in [2.75, 3.05) is 19.6 Å². The third kappa shape index (κ3) is 6.05. The molecule has 3 aliphatic rings. The van der Waals surface area contributed by atoms with Crippen molar-refractivity contribution in [1.82, 2.24) is 9.88 Å². The highest BCUT2D eigenvalue weighted by Crippen LogP contribution is 2.41. The van der Waals surface area contributed by atoms with Crippen LogP contribution in [0.5, 0.6) is 0 Å². The number of piperidine rings is 3. The largest absolute Gasteiger partial charge is 0.302 e. The summed E-state index contributed by atoms with van der Waals surface area (Å²) in [6, 6.07) is 14.6. The summed E-state index contributed by atoms with van der Waals surface area (Å²) in [6.45, 7) is 11.5. The number of aryl methyl sites for hydroxylation is 1. The quantitative estimate of drug-likeness (QED) is 0.620. The number of Topliss-reactive ketones (excluding diaryl/α,β-unsaturated/α-hetero) is 1. The zero-order chi connectivity index (χ0) is 22.3. The van der Waals surface area contributed by atoms with Gasteiger partial charge in [0.15, 0.2) is 0 Å². The summed E-state index contributed by atoms with van der Waals surface area (Å²) < 4.78 is 0. The number of hydrogen-bond acceptors (Lipinski definition) is 3. The SMILES string of the molecule is CC.CC(=O)CCc1ccc(C#CC2(C)CN3CCC2CC3)c(Cc2ccccc2)n1. The molecular weight excluding hydrogens is 380 g/mol. The van der Waals surface area contributed by atoms with Crippen LogP contribution in [-0.4, -0.2) is 35.3 Å². The van der Waals surface area contributed by atoms with E-state index in [4.69, 9.17) is 4.98 Å². The van der Waals surface area contributed by atoms with E-state index >= 15 is 0 Å². The molecule has 3 heteroatoms. The molecule has 0 amide bonds. The van der Waals surface area contributed by atoms with Crippen molar-refractivity contribution in [2.24, 2.45) is 11.3 Å². The average molecular weight is 417 g/mol. The summed E-state index contributed by atoms with van der Waals surface area (Å²) in [4.78, 5) is 18.8. The molecule has 3 aliphatic heterocycles. The molecule has 1 aromatic heterocycles. The molecule has 2 bridgehead atoms. The lowest BCUT2D eigenvalue weighted by Gasteiger charge is -2.49. The van der Waals surface area contributed by atoms with Crippen molar-refractivity contribution in [2.45, 2.75) is 59.8 Å². The van der Waals surface area contributed by atoms with Crippen LogP contribution >= 0.6 is 0 Å². The Balaban J connectivity index is 0.00000132. The maximum atomic E-state index is 11.4. The Kier molecular flexibility index (Phi) is 8.04. The van der Waals surface area contributed by atoms with Crippen molar-refractivity contribution in [3.05, 3.63) is 65.0 Å². The Morgan fingerprint density at radius 1 is 1.13 bits per heavy atom. The number of hydrogen-bond donors (Lipinski definition) is 0. The van der Waals surface area contributed by atoms with E-state index in [1.54, 1.807) is 6.92 Å². The molecule has 2 aromatic rings. The minimum absolute atomic E-state index is 0.0772. The maximum Gasteiger partial charge on any atom is 0.130 e. The number of fused-ring (bicyclic) bond motifs is 3. The average Bonchev–Trinajstić information content (AvgIpc) is 2.80. The van der Waals surface area contributed by atoms with Gasteiger partial charge >= 0.3 is 0 Å².